The van der Waals surface area contributed by atoms with Gasteiger partial charge < -0.3 is 19.7 Å². The van der Waals surface area contributed by atoms with E-state index >= 15 is 0 Å². The molecule has 2 saturated heterocycles. The molecule has 3 rings (SSSR count). The summed E-state index contributed by atoms with van der Waals surface area (Å²) in [5.74, 6) is -1.58. The number of Topliss-reactive ketones (excluding diaryl/α,β-unsaturated/α-hetero) is 1. The van der Waals surface area contributed by atoms with E-state index < -0.39 is 35.6 Å². The number of ketones is 1. The van der Waals surface area contributed by atoms with Crippen LogP contribution in [0.3, 0.4) is 0 Å². The summed E-state index contributed by atoms with van der Waals surface area (Å²) in [7, 11) is 0. The Morgan fingerprint density at radius 1 is 1.19 bits per heavy atom. The number of cyclic esters (lactones) is 1. The van der Waals surface area contributed by atoms with Crippen LogP contribution in [0.2, 0.25) is 0 Å². The molecule has 2 aliphatic rings. The Balaban J connectivity index is 1.86. The van der Waals surface area contributed by atoms with Crippen molar-refractivity contribution >= 4 is 33.8 Å². The van der Waals surface area contributed by atoms with Gasteiger partial charge in [0, 0.05) is 23.0 Å². The van der Waals surface area contributed by atoms with Crippen molar-refractivity contribution in [1.29, 1.82) is 0 Å². The number of esters is 1. The molecule has 0 amide bonds. The molecule has 2 aliphatic heterocycles. The minimum absolute atomic E-state index is 0.0634. The molecule has 2 fully saturated rings. The summed E-state index contributed by atoms with van der Waals surface area (Å²) >= 11 is 3.39. The lowest BCUT2D eigenvalue weighted by Crippen LogP contribution is -2.45. The molecule has 0 radical (unpaired) electrons. The number of aromatic nitrogens is 1. The summed E-state index contributed by atoms with van der Waals surface area (Å²) < 4.78 is 12.8. The van der Waals surface area contributed by atoms with E-state index in [1.807, 2.05) is 32.1 Å². The van der Waals surface area contributed by atoms with Gasteiger partial charge in [-0.15, -0.1) is 0 Å². The number of ether oxygens (including phenoxy) is 2. The van der Waals surface area contributed by atoms with Crippen molar-refractivity contribution in [1.82, 2.24) is 4.98 Å². The zero-order valence-electron chi connectivity index (χ0n) is 22.2. The molecular formula is C28H40BrNO6. The Hall–Kier alpha value is -1.61. The van der Waals surface area contributed by atoms with E-state index in [0.717, 1.165) is 35.0 Å². The number of epoxide rings is 1. The van der Waals surface area contributed by atoms with Crippen molar-refractivity contribution in [3.63, 3.8) is 0 Å². The van der Waals surface area contributed by atoms with Crippen molar-refractivity contribution in [3.8, 4) is 0 Å². The zero-order chi connectivity index (χ0) is 26.8. The maximum absolute atomic E-state index is 13.2. The molecule has 7 nitrogen and oxygen atoms in total. The highest BCUT2D eigenvalue weighted by Crippen LogP contribution is 2.45. The van der Waals surface area contributed by atoms with Gasteiger partial charge >= 0.3 is 5.97 Å². The van der Waals surface area contributed by atoms with E-state index in [-0.39, 0.29) is 29.8 Å². The number of aliphatic hydroxyl groups excluding tert-OH is 2. The average Bonchev–Trinajstić information content (AvgIpc) is 3.46. The van der Waals surface area contributed by atoms with Crippen molar-refractivity contribution in [2.24, 2.45) is 17.3 Å². The number of rotatable bonds is 2. The van der Waals surface area contributed by atoms with Gasteiger partial charge in [0.1, 0.15) is 11.9 Å². The van der Waals surface area contributed by atoms with Crippen LogP contribution in [0.25, 0.3) is 6.08 Å². The van der Waals surface area contributed by atoms with E-state index in [0.29, 0.717) is 6.42 Å². The number of carbonyl (C=O) groups excluding carboxylic acids is 2. The molecule has 1 aromatic rings. The topological polar surface area (TPSA) is 109 Å². The highest BCUT2D eigenvalue weighted by atomic mass is 79.9. The summed E-state index contributed by atoms with van der Waals surface area (Å²) in [6.07, 6.45) is 3.53. The molecule has 8 heteroatoms. The minimum atomic E-state index is -1.24. The monoisotopic (exact) mass is 565 g/mol. The molecule has 0 aliphatic carbocycles. The lowest BCUT2D eigenvalue weighted by Gasteiger charge is -2.34. The maximum Gasteiger partial charge on any atom is 0.309 e. The molecule has 1 unspecified atom stereocenters. The van der Waals surface area contributed by atoms with E-state index in [1.54, 1.807) is 27.0 Å². The van der Waals surface area contributed by atoms with Gasteiger partial charge in [-0.1, -0.05) is 34.1 Å². The predicted molar refractivity (Wildman–Crippen MR) is 141 cm³/mol. The Labute approximate surface area is 222 Å². The minimum Gasteiger partial charge on any atom is -0.458 e. The summed E-state index contributed by atoms with van der Waals surface area (Å²) in [4.78, 5) is 30.6. The van der Waals surface area contributed by atoms with Gasteiger partial charge in [0.2, 0.25) is 0 Å². The van der Waals surface area contributed by atoms with Crippen LogP contribution in [-0.2, 0) is 19.1 Å². The number of halogens is 1. The normalized spacial score (nSPS) is 36.6. The highest BCUT2D eigenvalue weighted by molar-refractivity contribution is 9.10. The number of hydrogen-bond acceptors (Lipinski definition) is 7. The Morgan fingerprint density at radius 2 is 1.89 bits per heavy atom. The molecule has 0 saturated carbocycles. The molecule has 2 N–H and O–H groups in total. The summed E-state index contributed by atoms with van der Waals surface area (Å²) in [5, 5.41) is 21.7. The molecular weight excluding hydrogens is 526 g/mol. The highest BCUT2D eigenvalue weighted by Gasteiger charge is 2.53. The number of carbonyl (C=O) groups is 2. The van der Waals surface area contributed by atoms with Gasteiger partial charge in [-0.3, -0.25) is 14.6 Å². The SMILES string of the molecule is C/C(=C\c1ccc(Br)cn1)[C@@H]1C[C@@H]2O[C@]2(C)CCC[C@H](C)C(O)[C@@H](C)C(=O)C(C)(C)[C@@H](O)CC(=O)O1. The Bertz CT molecular complexity index is 977. The largest absolute Gasteiger partial charge is 0.458 e. The fraction of sp³-hybridized carbons (Fsp3) is 0.679. The van der Waals surface area contributed by atoms with Crippen molar-refractivity contribution in [2.45, 2.75) is 104 Å². The first-order chi connectivity index (χ1) is 16.7. The third-order valence-corrected chi connectivity index (χ3v) is 8.51. The second-order valence-electron chi connectivity index (χ2n) is 11.4. The molecule has 3 heterocycles. The Morgan fingerprint density at radius 3 is 2.53 bits per heavy atom. The third-order valence-electron chi connectivity index (χ3n) is 8.04. The van der Waals surface area contributed by atoms with E-state index in [2.05, 4.69) is 27.8 Å². The van der Waals surface area contributed by atoms with Gasteiger partial charge in [-0.2, -0.15) is 0 Å². The molecule has 36 heavy (non-hydrogen) atoms. The molecule has 0 spiro atoms. The van der Waals surface area contributed by atoms with Gasteiger partial charge in [-0.25, -0.2) is 0 Å². The number of hydrogen-bond donors (Lipinski definition) is 2. The number of aliphatic hydroxyl groups is 2. The van der Waals surface area contributed by atoms with E-state index in [1.165, 1.54) is 0 Å². The molecule has 0 bridgehead atoms. The van der Waals surface area contributed by atoms with Crippen molar-refractivity contribution in [2.75, 3.05) is 0 Å². The van der Waals surface area contributed by atoms with Crippen LogP contribution in [0.1, 0.15) is 79.3 Å². The second-order valence-corrected chi connectivity index (χ2v) is 12.3. The van der Waals surface area contributed by atoms with E-state index in [9.17, 15) is 19.8 Å². The second kappa shape index (κ2) is 11.4. The van der Waals surface area contributed by atoms with E-state index in [4.69, 9.17) is 9.47 Å². The lowest BCUT2D eigenvalue weighted by atomic mass is 9.73. The third kappa shape index (κ3) is 6.82. The van der Waals surface area contributed by atoms with Gasteiger partial charge in [0.15, 0.2) is 0 Å². The summed E-state index contributed by atoms with van der Waals surface area (Å²) in [6, 6.07) is 3.77. The fourth-order valence-corrected chi connectivity index (χ4v) is 5.33. The maximum atomic E-state index is 13.2. The van der Waals surface area contributed by atoms with Crippen LogP contribution >= 0.6 is 15.9 Å². The number of fused-ring (bicyclic) bond motifs is 1. The van der Waals surface area contributed by atoms with Crippen molar-refractivity contribution < 1.29 is 29.3 Å². The van der Waals surface area contributed by atoms with Crippen LogP contribution in [0, 0.1) is 17.3 Å². The lowest BCUT2D eigenvalue weighted by molar-refractivity contribution is -0.154. The van der Waals surface area contributed by atoms with Crippen LogP contribution in [0.4, 0.5) is 0 Å². The molecule has 1 aromatic heterocycles. The standard InChI is InChI=1S/C28H40BrNO6/c1-16-8-7-11-28(6)23(36-28)13-21(17(2)12-20-10-9-19(29)15-30-20)35-24(32)14-22(31)27(4,5)26(34)18(3)25(16)33/h9-10,12,15-16,18,21-23,25,31,33H,7-8,11,13-14H2,1-6H3/b17-12+/t16-,18+,21-,22-,23-,25?,28+/m0/s1. The fourth-order valence-electron chi connectivity index (χ4n) is 5.09. The molecule has 0 aromatic carbocycles. The molecule has 7 atom stereocenters. The van der Waals surface area contributed by atoms with Crippen LogP contribution in [0.15, 0.2) is 28.4 Å². The smallest absolute Gasteiger partial charge is 0.309 e. The van der Waals surface area contributed by atoms with Gasteiger partial charge in [-0.05, 0) is 72.3 Å². The number of nitrogens with zero attached hydrogens (tertiary/aromatic N) is 1. The molecule has 200 valence electrons. The number of pyridine rings is 1. The first-order valence-corrected chi connectivity index (χ1v) is 13.6. The van der Waals surface area contributed by atoms with Crippen LogP contribution in [0.5, 0.6) is 0 Å². The van der Waals surface area contributed by atoms with Crippen molar-refractivity contribution in [3.05, 3.63) is 34.1 Å². The first-order valence-electron chi connectivity index (χ1n) is 12.8. The zero-order valence-corrected chi connectivity index (χ0v) is 23.7. The van der Waals surface area contributed by atoms with Gasteiger partial charge in [0.25, 0.3) is 0 Å². The quantitative estimate of drug-likeness (QED) is 0.388. The predicted octanol–water partition coefficient (Wildman–Crippen LogP) is 4.87. The summed E-state index contributed by atoms with van der Waals surface area (Å²) in [5.41, 5.74) is 0.0423. The summed E-state index contributed by atoms with van der Waals surface area (Å²) in [6.45, 7) is 10.8. The van der Waals surface area contributed by atoms with Gasteiger partial charge in [0.05, 0.1) is 41.4 Å². The average molecular weight is 567 g/mol. The Kier molecular flexibility index (Phi) is 9.18. The first kappa shape index (κ1) is 29.0. The van der Waals surface area contributed by atoms with Crippen LogP contribution in [-0.4, -0.2) is 57.0 Å². The van der Waals surface area contributed by atoms with Crippen LogP contribution < -0.4 is 0 Å².